The van der Waals surface area contributed by atoms with Gasteiger partial charge in [0.1, 0.15) is 0 Å². The molecule has 1 aliphatic heterocycles. The fraction of sp³-hybridized carbons (Fsp3) is 0.429. The first kappa shape index (κ1) is 13.9. The first-order chi connectivity index (χ1) is 8.93. The third-order valence-electron chi connectivity index (χ3n) is 3.46. The average molecular weight is 282 g/mol. The van der Waals surface area contributed by atoms with Crippen molar-refractivity contribution in [1.29, 1.82) is 0 Å². The predicted octanol–water partition coefficient (Wildman–Crippen LogP) is 2.72. The smallest absolute Gasteiger partial charge is 0.309 e. The Kier molecular flexibility index (Phi) is 3.80. The molecule has 1 N–H and O–H groups in total. The Morgan fingerprint density at radius 3 is 2.58 bits per heavy atom. The summed E-state index contributed by atoms with van der Waals surface area (Å²) in [5.74, 6) is -1.83. The Hall–Kier alpha value is -1.55. The standard InChI is InChI=1S/C14H16ClNO3/c1-8(2)16-12(17)7-10(14(18)19)13(16)9-5-3-4-6-11(9)15/h3-6,8,10,13H,7H2,1-2H3,(H,18,19)/t10-,13-/m1/s1. The second kappa shape index (κ2) is 5.21. The van der Waals surface area contributed by atoms with E-state index in [0.29, 0.717) is 10.6 Å². The van der Waals surface area contributed by atoms with Crippen LogP contribution in [-0.2, 0) is 9.59 Å². The minimum Gasteiger partial charge on any atom is -0.481 e. The fourth-order valence-corrected chi connectivity index (χ4v) is 2.91. The SMILES string of the molecule is CC(C)N1C(=O)C[C@@H](C(=O)O)[C@H]1c1ccccc1Cl. The summed E-state index contributed by atoms with van der Waals surface area (Å²) in [7, 11) is 0. The summed E-state index contributed by atoms with van der Waals surface area (Å²) >= 11 is 6.16. The van der Waals surface area contributed by atoms with Gasteiger partial charge in [0.2, 0.25) is 5.91 Å². The van der Waals surface area contributed by atoms with Gasteiger partial charge < -0.3 is 10.0 Å². The van der Waals surface area contributed by atoms with Crippen molar-refractivity contribution in [2.45, 2.75) is 32.4 Å². The number of benzene rings is 1. The summed E-state index contributed by atoms with van der Waals surface area (Å²) in [5.41, 5.74) is 0.705. The van der Waals surface area contributed by atoms with Gasteiger partial charge in [-0.2, -0.15) is 0 Å². The molecular weight excluding hydrogens is 266 g/mol. The van der Waals surface area contributed by atoms with Gasteiger partial charge >= 0.3 is 5.97 Å². The Labute approximate surface area is 117 Å². The van der Waals surface area contributed by atoms with E-state index in [0.717, 1.165) is 0 Å². The fourth-order valence-electron chi connectivity index (χ4n) is 2.67. The van der Waals surface area contributed by atoms with Crippen molar-refractivity contribution in [1.82, 2.24) is 4.90 Å². The molecule has 1 fully saturated rings. The highest BCUT2D eigenvalue weighted by Gasteiger charge is 2.46. The molecule has 0 saturated carbocycles. The molecule has 0 aliphatic carbocycles. The van der Waals surface area contributed by atoms with E-state index in [-0.39, 0.29) is 18.4 Å². The lowest BCUT2D eigenvalue weighted by atomic mass is 9.93. The minimum atomic E-state index is -0.957. The quantitative estimate of drug-likeness (QED) is 0.927. The van der Waals surface area contributed by atoms with Crippen LogP contribution in [0.2, 0.25) is 5.02 Å². The minimum absolute atomic E-state index is 0.0312. The Morgan fingerprint density at radius 2 is 2.05 bits per heavy atom. The maximum Gasteiger partial charge on any atom is 0.309 e. The molecule has 2 atom stereocenters. The average Bonchev–Trinajstić information content (AvgIpc) is 2.67. The molecule has 1 aromatic rings. The second-order valence-corrected chi connectivity index (χ2v) is 5.42. The van der Waals surface area contributed by atoms with Gasteiger partial charge in [0.05, 0.1) is 12.0 Å². The third-order valence-corrected chi connectivity index (χ3v) is 3.80. The molecule has 1 heterocycles. The molecule has 1 saturated heterocycles. The molecule has 1 aliphatic rings. The number of amides is 1. The van der Waals surface area contributed by atoms with E-state index in [2.05, 4.69) is 0 Å². The van der Waals surface area contributed by atoms with Gasteiger partial charge in [0.15, 0.2) is 0 Å². The molecule has 0 bridgehead atoms. The molecule has 4 nitrogen and oxygen atoms in total. The highest BCUT2D eigenvalue weighted by molar-refractivity contribution is 6.31. The number of carbonyl (C=O) groups is 2. The topological polar surface area (TPSA) is 57.6 Å². The van der Waals surface area contributed by atoms with Crippen LogP contribution in [0.3, 0.4) is 0 Å². The Morgan fingerprint density at radius 1 is 1.42 bits per heavy atom. The number of carboxylic acid groups (broad SMARTS) is 1. The van der Waals surface area contributed by atoms with Crippen LogP contribution in [0.15, 0.2) is 24.3 Å². The van der Waals surface area contributed by atoms with Gasteiger partial charge in [0, 0.05) is 17.5 Å². The Bertz CT molecular complexity index is 515. The monoisotopic (exact) mass is 281 g/mol. The van der Waals surface area contributed by atoms with Gasteiger partial charge in [-0.3, -0.25) is 9.59 Å². The number of halogens is 1. The van der Waals surface area contributed by atoms with E-state index >= 15 is 0 Å². The van der Waals surface area contributed by atoms with Crippen molar-refractivity contribution in [2.24, 2.45) is 5.92 Å². The summed E-state index contributed by atoms with van der Waals surface area (Å²) in [6.45, 7) is 3.76. The number of carboxylic acids is 1. The van der Waals surface area contributed by atoms with E-state index in [9.17, 15) is 14.7 Å². The highest BCUT2D eigenvalue weighted by Crippen LogP contribution is 2.41. The molecule has 0 unspecified atom stereocenters. The molecule has 2 rings (SSSR count). The van der Waals surface area contributed by atoms with Crippen LogP contribution in [0.4, 0.5) is 0 Å². The van der Waals surface area contributed by atoms with E-state index in [1.54, 1.807) is 29.2 Å². The zero-order valence-corrected chi connectivity index (χ0v) is 11.6. The summed E-state index contributed by atoms with van der Waals surface area (Å²) in [4.78, 5) is 25.1. The van der Waals surface area contributed by atoms with Crippen LogP contribution in [0.5, 0.6) is 0 Å². The molecule has 102 valence electrons. The van der Waals surface area contributed by atoms with Crippen molar-refractivity contribution >= 4 is 23.5 Å². The van der Waals surface area contributed by atoms with Crippen LogP contribution in [-0.4, -0.2) is 27.9 Å². The molecule has 1 amide bonds. The molecule has 0 spiro atoms. The van der Waals surface area contributed by atoms with Gasteiger partial charge in [-0.1, -0.05) is 29.8 Å². The third kappa shape index (κ3) is 2.45. The van der Waals surface area contributed by atoms with E-state index < -0.39 is 17.9 Å². The number of hydrogen-bond donors (Lipinski definition) is 1. The Balaban J connectivity index is 2.50. The van der Waals surface area contributed by atoms with E-state index in [1.807, 2.05) is 13.8 Å². The number of nitrogens with zero attached hydrogens (tertiary/aromatic N) is 1. The van der Waals surface area contributed by atoms with E-state index in [4.69, 9.17) is 11.6 Å². The summed E-state index contributed by atoms with van der Waals surface area (Å²) in [6, 6.07) is 6.56. The first-order valence-corrected chi connectivity index (χ1v) is 6.59. The van der Waals surface area contributed by atoms with E-state index in [1.165, 1.54) is 0 Å². The van der Waals surface area contributed by atoms with Crippen molar-refractivity contribution in [3.8, 4) is 0 Å². The van der Waals surface area contributed by atoms with Crippen molar-refractivity contribution in [2.75, 3.05) is 0 Å². The lowest BCUT2D eigenvalue weighted by Crippen LogP contribution is -2.36. The predicted molar refractivity (Wildman–Crippen MR) is 71.9 cm³/mol. The molecule has 0 aromatic heterocycles. The number of hydrogen-bond acceptors (Lipinski definition) is 2. The second-order valence-electron chi connectivity index (χ2n) is 5.01. The molecule has 1 aromatic carbocycles. The largest absolute Gasteiger partial charge is 0.481 e. The van der Waals surface area contributed by atoms with Crippen LogP contribution >= 0.6 is 11.6 Å². The van der Waals surface area contributed by atoms with Gasteiger partial charge in [-0.05, 0) is 25.5 Å². The van der Waals surface area contributed by atoms with Crippen LogP contribution in [0.25, 0.3) is 0 Å². The number of likely N-dealkylation sites (tertiary alicyclic amines) is 1. The molecule has 19 heavy (non-hydrogen) atoms. The summed E-state index contributed by atoms with van der Waals surface area (Å²) < 4.78 is 0. The summed E-state index contributed by atoms with van der Waals surface area (Å²) in [6.07, 6.45) is 0.0312. The first-order valence-electron chi connectivity index (χ1n) is 6.22. The molecule has 5 heteroatoms. The lowest BCUT2D eigenvalue weighted by molar-refractivity contribution is -0.142. The highest BCUT2D eigenvalue weighted by atomic mass is 35.5. The normalized spacial score (nSPS) is 23.2. The van der Waals surface area contributed by atoms with Gasteiger partial charge in [-0.15, -0.1) is 0 Å². The number of rotatable bonds is 3. The molecular formula is C14H16ClNO3. The number of aliphatic carboxylic acids is 1. The van der Waals surface area contributed by atoms with Crippen LogP contribution in [0, 0.1) is 5.92 Å². The zero-order valence-electron chi connectivity index (χ0n) is 10.8. The summed E-state index contributed by atoms with van der Waals surface area (Å²) in [5, 5.41) is 9.83. The van der Waals surface area contributed by atoms with Crippen LogP contribution in [0.1, 0.15) is 31.9 Å². The van der Waals surface area contributed by atoms with Crippen molar-refractivity contribution < 1.29 is 14.7 Å². The van der Waals surface area contributed by atoms with Crippen molar-refractivity contribution in [3.63, 3.8) is 0 Å². The van der Waals surface area contributed by atoms with Crippen LogP contribution < -0.4 is 0 Å². The van der Waals surface area contributed by atoms with Gasteiger partial charge in [0.25, 0.3) is 0 Å². The maximum atomic E-state index is 12.0. The zero-order chi connectivity index (χ0) is 14.2. The lowest BCUT2D eigenvalue weighted by Gasteiger charge is -2.31. The van der Waals surface area contributed by atoms with Crippen molar-refractivity contribution in [3.05, 3.63) is 34.9 Å². The number of carbonyl (C=O) groups excluding carboxylic acids is 1. The molecule has 0 radical (unpaired) electrons. The van der Waals surface area contributed by atoms with Gasteiger partial charge in [-0.25, -0.2) is 0 Å². The maximum absolute atomic E-state index is 12.0.